The van der Waals surface area contributed by atoms with Crippen molar-refractivity contribution in [3.05, 3.63) is 82.7 Å². The van der Waals surface area contributed by atoms with Crippen LogP contribution >= 0.6 is 0 Å². The molecule has 3 heterocycles. The van der Waals surface area contributed by atoms with E-state index in [-0.39, 0.29) is 0 Å². The topological polar surface area (TPSA) is 62.2 Å². The molecule has 0 N–H and O–H groups in total. The number of piperazine rings is 1. The smallest absolute Gasteiger partial charge is 0.159 e. The quantitative estimate of drug-likeness (QED) is 0.584. The lowest BCUT2D eigenvalue weighted by atomic mass is 10.0. The normalized spacial score (nSPS) is 16.9. The fourth-order valence-electron chi connectivity index (χ4n) is 4.48. The molecule has 0 bridgehead atoms. The van der Waals surface area contributed by atoms with Crippen LogP contribution in [0.1, 0.15) is 39.9 Å². The molecule has 2 aliphatic rings. The highest BCUT2D eigenvalue weighted by Gasteiger charge is 2.24. The largest absolute Gasteiger partial charge is 0.304 e. The van der Waals surface area contributed by atoms with Crippen molar-refractivity contribution in [3.63, 3.8) is 0 Å². The minimum atomic E-state index is 0.480. The van der Waals surface area contributed by atoms with Gasteiger partial charge in [0.15, 0.2) is 12.1 Å². The maximum absolute atomic E-state index is 10.9. The maximum Gasteiger partial charge on any atom is 0.159 e. The number of nitrogens with zero attached hydrogens (tertiary/aromatic N) is 5. The van der Waals surface area contributed by atoms with Crippen molar-refractivity contribution >= 4 is 11.9 Å². The van der Waals surface area contributed by atoms with Crippen LogP contribution in [-0.4, -0.2) is 64.3 Å². The Morgan fingerprint density at radius 1 is 0.938 bits per heavy atom. The van der Waals surface area contributed by atoms with Crippen molar-refractivity contribution in [2.24, 2.45) is 0 Å². The van der Waals surface area contributed by atoms with E-state index in [4.69, 9.17) is 4.98 Å². The fourth-order valence-corrected chi connectivity index (χ4v) is 4.48. The molecule has 3 aromatic rings. The number of likely N-dealkylation sites (N-methyl/N-ethyl adjacent to an activating group) is 1. The summed E-state index contributed by atoms with van der Waals surface area (Å²) in [6.07, 6.45) is 6.67. The van der Waals surface area contributed by atoms with E-state index in [9.17, 15) is 4.79 Å². The Morgan fingerprint density at radius 2 is 1.66 bits per heavy atom. The second kappa shape index (κ2) is 8.73. The monoisotopic (exact) mass is 425 g/mol. The minimum absolute atomic E-state index is 0.480. The Kier molecular flexibility index (Phi) is 5.64. The van der Waals surface area contributed by atoms with Gasteiger partial charge in [-0.25, -0.2) is 9.97 Å². The van der Waals surface area contributed by atoms with Gasteiger partial charge in [0.05, 0.1) is 11.3 Å². The van der Waals surface area contributed by atoms with E-state index in [1.807, 2.05) is 6.20 Å². The van der Waals surface area contributed by atoms with Crippen LogP contribution in [0, 0.1) is 0 Å². The Hall–Kier alpha value is -3.22. The summed E-state index contributed by atoms with van der Waals surface area (Å²) in [7, 11) is 2.19. The molecule has 6 nitrogen and oxygen atoms in total. The van der Waals surface area contributed by atoms with E-state index in [2.05, 4.69) is 64.1 Å². The first-order valence-electron chi connectivity index (χ1n) is 11.1. The van der Waals surface area contributed by atoms with Crippen LogP contribution in [0.2, 0.25) is 0 Å². The van der Waals surface area contributed by atoms with Gasteiger partial charge in [0.1, 0.15) is 0 Å². The van der Waals surface area contributed by atoms with E-state index >= 15 is 0 Å². The standard InChI is InChI=1S/C26H27N5O/c1-18-11-24-23(25(18)26-28-13-20(17-32)14-29-26)12-22(15-27-24)21-5-3-19(4-6-21)16-31-9-7-30(2)8-10-31/h3-6,12-15,17H,7-11,16H2,1-2H3. The third kappa shape index (κ3) is 4.11. The summed E-state index contributed by atoms with van der Waals surface area (Å²) in [6.45, 7) is 7.61. The van der Waals surface area contributed by atoms with E-state index < -0.39 is 0 Å². The molecule has 1 aliphatic heterocycles. The maximum atomic E-state index is 10.9. The number of fused-ring (bicyclic) bond motifs is 1. The second-order valence-corrected chi connectivity index (χ2v) is 8.78. The SMILES string of the molecule is CC1=C(c2ncc(C=O)cn2)c2cc(-c3ccc(CN4CCN(C)CC4)cc3)cnc2C1. The molecule has 0 atom stereocenters. The van der Waals surface area contributed by atoms with Gasteiger partial charge in [-0.3, -0.25) is 14.7 Å². The molecule has 0 radical (unpaired) electrons. The first-order valence-corrected chi connectivity index (χ1v) is 11.1. The Labute approximate surface area is 188 Å². The summed E-state index contributed by atoms with van der Waals surface area (Å²) in [4.78, 5) is 29.4. The number of pyridine rings is 1. The Bertz CT molecular complexity index is 1160. The van der Waals surface area contributed by atoms with E-state index in [1.54, 1.807) is 12.4 Å². The summed E-state index contributed by atoms with van der Waals surface area (Å²) in [5.41, 5.74) is 8.43. The number of hydrogen-bond donors (Lipinski definition) is 0. The average Bonchev–Trinajstić information content (AvgIpc) is 3.16. The number of benzene rings is 1. The predicted octanol–water partition coefficient (Wildman–Crippen LogP) is 3.48. The molecular weight excluding hydrogens is 398 g/mol. The van der Waals surface area contributed by atoms with Gasteiger partial charge >= 0.3 is 0 Å². The molecule has 0 spiro atoms. The zero-order valence-corrected chi connectivity index (χ0v) is 18.6. The molecule has 1 aliphatic carbocycles. The molecule has 5 rings (SSSR count). The highest BCUT2D eigenvalue weighted by molar-refractivity contribution is 5.86. The number of aromatic nitrogens is 3. The van der Waals surface area contributed by atoms with Crippen LogP contribution in [0.25, 0.3) is 16.7 Å². The van der Waals surface area contributed by atoms with Crippen LogP contribution in [-0.2, 0) is 13.0 Å². The van der Waals surface area contributed by atoms with Gasteiger partial charge < -0.3 is 4.90 Å². The molecule has 32 heavy (non-hydrogen) atoms. The number of aldehydes is 1. The van der Waals surface area contributed by atoms with Crippen LogP contribution in [0.15, 0.2) is 54.5 Å². The van der Waals surface area contributed by atoms with Crippen molar-refractivity contribution < 1.29 is 4.79 Å². The zero-order valence-electron chi connectivity index (χ0n) is 18.6. The lowest BCUT2D eigenvalue weighted by Gasteiger charge is -2.32. The van der Waals surface area contributed by atoms with Crippen LogP contribution < -0.4 is 0 Å². The van der Waals surface area contributed by atoms with E-state index in [0.29, 0.717) is 11.4 Å². The van der Waals surface area contributed by atoms with Gasteiger partial charge in [0.25, 0.3) is 0 Å². The van der Waals surface area contributed by atoms with Crippen molar-refractivity contribution in [1.29, 1.82) is 0 Å². The summed E-state index contributed by atoms with van der Waals surface area (Å²) >= 11 is 0. The first-order chi connectivity index (χ1) is 15.6. The molecular formula is C26H27N5O. The number of allylic oxidation sites excluding steroid dienone is 1. The fraction of sp³-hybridized carbons (Fsp3) is 0.308. The van der Waals surface area contributed by atoms with Gasteiger partial charge in [0.2, 0.25) is 0 Å². The van der Waals surface area contributed by atoms with Crippen molar-refractivity contribution in [3.8, 4) is 11.1 Å². The molecule has 1 saturated heterocycles. The molecule has 2 aromatic heterocycles. The van der Waals surface area contributed by atoms with Crippen molar-refractivity contribution in [1.82, 2.24) is 24.8 Å². The first kappa shape index (κ1) is 20.7. The number of rotatable bonds is 5. The number of carbonyl (C=O) groups is 1. The van der Waals surface area contributed by atoms with Crippen molar-refractivity contribution in [2.45, 2.75) is 19.9 Å². The Balaban J connectivity index is 1.38. The Morgan fingerprint density at radius 3 is 2.34 bits per heavy atom. The highest BCUT2D eigenvalue weighted by Crippen LogP contribution is 2.36. The summed E-state index contributed by atoms with van der Waals surface area (Å²) < 4.78 is 0. The molecule has 162 valence electrons. The third-order valence-electron chi connectivity index (χ3n) is 6.42. The van der Waals surface area contributed by atoms with Gasteiger partial charge in [-0.2, -0.15) is 0 Å². The molecule has 1 aromatic carbocycles. The van der Waals surface area contributed by atoms with Crippen molar-refractivity contribution in [2.75, 3.05) is 33.2 Å². The number of hydrogen-bond acceptors (Lipinski definition) is 6. The lowest BCUT2D eigenvalue weighted by Crippen LogP contribution is -2.43. The molecule has 6 heteroatoms. The molecule has 0 amide bonds. The van der Waals surface area contributed by atoms with Crippen LogP contribution in [0.4, 0.5) is 0 Å². The van der Waals surface area contributed by atoms with Gasteiger partial charge in [-0.15, -0.1) is 0 Å². The van der Waals surface area contributed by atoms with E-state index in [1.165, 1.54) is 11.1 Å². The molecule has 0 unspecified atom stereocenters. The summed E-state index contributed by atoms with van der Waals surface area (Å²) in [5.74, 6) is 0.647. The summed E-state index contributed by atoms with van der Waals surface area (Å²) in [5, 5.41) is 0. The van der Waals surface area contributed by atoms with Crippen LogP contribution in [0.5, 0.6) is 0 Å². The number of carbonyl (C=O) groups excluding carboxylic acids is 1. The lowest BCUT2D eigenvalue weighted by molar-refractivity contribution is 0.112. The van der Waals surface area contributed by atoms with Gasteiger partial charge in [0, 0.05) is 74.4 Å². The van der Waals surface area contributed by atoms with Gasteiger partial charge in [-0.05, 0) is 31.2 Å². The molecule has 1 fully saturated rings. The average molecular weight is 426 g/mol. The predicted molar refractivity (Wildman–Crippen MR) is 125 cm³/mol. The minimum Gasteiger partial charge on any atom is -0.304 e. The van der Waals surface area contributed by atoms with Crippen LogP contribution in [0.3, 0.4) is 0 Å². The van der Waals surface area contributed by atoms with E-state index in [0.717, 1.165) is 73.4 Å². The zero-order chi connectivity index (χ0) is 22.1. The molecule has 0 saturated carbocycles. The third-order valence-corrected chi connectivity index (χ3v) is 6.42. The summed E-state index contributed by atoms with van der Waals surface area (Å²) in [6, 6.07) is 11.0. The second-order valence-electron chi connectivity index (χ2n) is 8.78. The van der Waals surface area contributed by atoms with Gasteiger partial charge in [-0.1, -0.05) is 29.8 Å². The highest BCUT2D eigenvalue weighted by atomic mass is 16.1.